The van der Waals surface area contributed by atoms with Crippen molar-refractivity contribution in [2.45, 2.75) is 0 Å². The molecule has 0 fully saturated rings. The van der Waals surface area contributed by atoms with Crippen LogP contribution in [0.3, 0.4) is 0 Å². The number of halogens is 2. The molecule has 1 aromatic carbocycles. The van der Waals surface area contributed by atoms with E-state index in [0.717, 1.165) is 24.3 Å². The molecule has 0 aliphatic rings. The summed E-state index contributed by atoms with van der Waals surface area (Å²) in [5.41, 5.74) is 0.212. The van der Waals surface area contributed by atoms with Gasteiger partial charge in [-0.3, -0.25) is 4.79 Å². The quantitative estimate of drug-likeness (QED) is 0.612. The molecule has 0 saturated carbocycles. The van der Waals surface area contributed by atoms with E-state index in [4.69, 9.17) is 5.11 Å². The van der Waals surface area contributed by atoms with Crippen molar-refractivity contribution in [1.82, 2.24) is 0 Å². The first kappa shape index (κ1) is 11.0. The molecule has 0 aliphatic heterocycles. The van der Waals surface area contributed by atoms with Gasteiger partial charge in [-0.15, -0.1) is 0 Å². The zero-order chi connectivity index (χ0) is 11.4. The molecule has 0 radical (unpaired) electrons. The fourth-order valence-electron chi connectivity index (χ4n) is 0.859. The molecule has 0 bridgehead atoms. The molecular formula is C10H6F2O3. The van der Waals surface area contributed by atoms with Gasteiger partial charge in [-0.1, -0.05) is 12.1 Å². The van der Waals surface area contributed by atoms with Gasteiger partial charge in [0, 0.05) is 0 Å². The summed E-state index contributed by atoms with van der Waals surface area (Å²) in [4.78, 5) is 20.7. The van der Waals surface area contributed by atoms with E-state index >= 15 is 0 Å². The summed E-state index contributed by atoms with van der Waals surface area (Å²) in [6, 6.07) is 2.98. The van der Waals surface area contributed by atoms with Crippen LogP contribution in [-0.2, 0) is 9.59 Å². The van der Waals surface area contributed by atoms with Crippen LogP contribution in [0.25, 0.3) is 6.08 Å². The summed E-state index contributed by atoms with van der Waals surface area (Å²) in [5, 5.41) is 8.22. The first-order valence-electron chi connectivity index (χ1n) is 3.91. The molecule has 1 aromatic rings. The Balaban J connectivity index is 2.86. The van der Waals surface area contributed by atoms with Gasteiger partial charge in [0.1, 0.15) is 0 Å². The zero-order valence-electron chi connectivity index (χ0n) is 7.41. The number of carbonyl (C=O) groups excluding carboxylic acids is 1. The van der Waals surface area contributed by atoms with Crippen molar-refractivity contribution in [2.75, 3.05) is 0 Å². The summed E-state index contributed by atoms with van der Waals surface area (Å²) in [6.45, 7) is 0. The third-order valence-corrected chi connectivity index (χ3v) is 1.58. The highest BCUT2D eigenvalue weighted by molar-refractivity contribution is 6.38. The molecule has 0 aromatic heterocycles. The van der Waals surface area contributed by atoms with Gasteiger partial charge in [-0.2, -0.15) is 0 Å². The standard InChI is InChI=1S/C10H6F2O3/c11-7-3-1-6(5-8(7)12)2-4-9(13)10(14)15/h1-5H,(H,14,15). The molecule has 5 heteroatoms. The van der Waals surface area contributed by atoms with Crippen molar-refractivity contribution in [3.8, 4) is 0 Å². The van der Waals surface area contributed by atoms with Crippen LogP contribution in [0.1, 0.15) is 5.56 Å². The predicted molar refractivity (Wildman–Crippen MR) is 48.0 cm³/mol. The lowest BCUT2D eigenvalue weighted by molar-refractivity contribution is -0.146. The van der Waals surface area contributed by atoms with Crippen LogP contribution in [0.5, 0.6) is 0 Å². The van der Waals surface area contributed by atoms with E-state index in [2.05, 4.69) is 0 Å². The minimum Gasteiger partial charge on any atom is -0.475 e. The Kier molecular flexibility index (Phi) is 3.28. The minimum absolute atomic E-state index is 0.212. The number of hydrogen-bond acceptors (Lipinski definition) is 2. The smallest absolute Gasteiger partial charge is 0.376 e. The van der Waals surface area contributed by atoms with Gasteiger partial charge < -0.3 is 5.11 Å². The Bertz CT molecular complexity index is 438. The van der Waals surface area contributed by atoms with E-state index in [-0.39, 0.29) is 5.56 Å². The van der Waals surface area contributed by atoms with Gasteiger partial charge in [0.15, 0.2) is 11.6 Å². The zero-order valence-corrected chi connectivity index (χ0v) is 7.41. The molecule has 1 N–H and O–H groups in total. The number of benzene rings is 1. The highest BCUT2D eigenvalue weighted by Gasteiger charge is 2.06. The third kappa shape index (κ3) is 2.98. The minimum atomic E-state index is -1.60. The van der Waals surface area contributed by atoms with Crippen molar-refractivity contribution < 1.29 is 23.5 Å². The number of aliphatic carboxylic acids is 1. The van der Waals surface area contributed by atoms with E-state index in [0.29, 0.717) is 0 Å². The number of carbonyl (C=O) groups is 2. The van der Waals surface area contributed by atoms with E-state index in [1.54, 1.807) is 0 Å². The van der Waals surface area contributed by atoms with Crippen LogP contribution in [0.4, 0.5) is 8.78 Å². The van der Waals surface area contributed by atoms with Crippen molar-refractivity contribution in [2.24, 2.45) is 0 Å². The SMILES string of the molecule is O=C(O)C(=O)C=Cc1ccc(F)c(F)c1. The molecule has 0 saturated heterocycles. The molecule has 1 rings (SSSR count). The van der Waals surface area contributed by atoms with Gasteiger partial charge in [0.2, 0.25) is 0 Å². The van der Waals surface area contributed by atoms with Gasteiger partial charge in [-0.25, -0.2) is 13.6 Å². The Morgan fingerprint density at radius 2 is 1.87 bits per heavy atom. The molecule has 15 heavy (non-hydrogen) atoms. The number of rotatable bonds is 3. The lowest BCUT2D eigenvalue weighted by Gasteiger charge is -1.94. The summed E-state index contributed by atoms with van der Waals surface area (Å²) < 4.78 is 25.1. The second-order valence-corrected chi connectivity index (χ2v) is 2.68. The Labute approximate surface area is 83.6 Å². The molecule has 0 aliphatic carbocycles. The number of carboxylic acid groups (broad SMARTS) is 1. The summed E-state index contributed by atoms with van der Waals surface area (Å²) in [5.74, 6) is -4.79. The average molecular weight is 212 g/mol. The maximum atomic E-state index is 12.7. The van der Waals surface area contributed by atoms with Crippen LogP contribution < -0.4 is 0 Å². The maximum absolute atomic E-state index is 12.7. The second kappa shape index (κ2) is 4.45. The van der Waals surface area contributed by atoms with Crippen molar-refractivity contribution >= 4 is 17.8 Å². The molecule has 0 spiro atoms. The number of ketones is 1. The van der Waals surface area contributed by atoms with Gasteiger partial charge in [0.05, 0.1) is 0 Å². The molecule has 0 unspecified atom stereocenters. The van der Waals surface area contributed by atoms with Crippen LogP contribution in [0.15, 0.2) is 24.3 Å². The number of carboxylic acids is 1. The third-order valence-electron chi connectivity index (χ3n) is 1.58. The van der Waals surface area contributed by atoms with Crippen LogP contribution >= 0.6 is 0 Å². The van der Waals surface area contributed by atoms with Gasteiger partial charge in [0.25, 0.3) is 5.78 Å². The van der Waals surface area contributed by atoms with Crippen molar-refractivity contribution in [3.05, 3.63) is 41.5 Å². The van der Waals surface area contributed by atoms with Crippen LogP contribution in [-0.4, -0.2) is 16.9 Å². The van der Waals surface area contributed by atoms with E-state index < -0.39 is 23.4 Å². The van der Waals surface area contributed by atoms with Crippen LogP contribution in [0.2, 0.25) is 0 Å². The maximum Gasteiger partial charge on any atom is 0.376 e. The summed E-state index contributed by atoms with van der Waals surface area (Å²) in [7, 11) is 0. The molecule has 3 nitrogen and oxygen atoms in total. The molecular weight excluding hydrogens is 206 g/mol. The Morgan fingerprint density at radius 1 is 1.20 bits per heavy atom. The second-order valence-electron chi connectivity index (χ2n) is 2.68. The van der Waals surface area contributed by atoms with E-state index in [1.165, 1.54) is 6.07 Å². The molecule has 78 valence electrons. The molecule has 0 atom stereocenters. The molecule has 0 amide bonds. The largest absolute Gasteiger partial charge is 0.475 e. The normalized spacial score (nSPS) is 10.5. The van der Waals surface area contributed by atoms with E-state index in [1.807, 2.05) is 0 Å². The van der Waals surface area contributed by atoms with Crippen LogP contribution in [0, 0.1) is 11.6 Å². The fraction of sp³-hybridized carbons (Fsp3) is 0. The predicted octanol–water partition coefficient (Wildman–Crippen LogP) is 1.63. The summed E-state index contributed by atoms with van der Waals surface area (Å²) >= 11 is 0. The summed E-state index contributed by atoms with van der Waals surface area (Å²) in [6.07, 6.45) is 1.87. The van der Waals surface area contributed by atoms with Gasteiger partial charge >= 0.3 is 5.97 Å². The van der Waals surface area contributed by atoms with Crippen molar-refractivity contribution in [3.63, 3.8) is 0 Å². The fourth-order valence-corrected chi connectivity index (χ4v) is 0.859. The molecule has 0 heterocycles. The van der Waals surface area contributed by atoms with Gasteiger partial charge in [-0.05, 0) is 23.8 Å². The van der Waals surface area contributed by atoms with E-state index in [9.17, 15) is 18.4 Å². The highest BCUT2D eigenvalue weighted by Crippen LogP contribution is 2.09. The Hall–Kier alpha value is -2.04. The average Bonchev–Trinajstić information content (AvgIpc) is 2.19. The first-order valence-corrected chi connectivity index (χ1v) is 3.91. The highest BCUT2D eigenvalue weighted by atomic mass is 19.2. The lowest BCUT2D eigenvalue weighted by atomic mass is 10.2. The first-order chi connectivity index (χ1) is 7.00. The van der Waals surface area contributed by atoms with Crippen molar-refractivity contribution in [1.29, 1.82) is 0 Å². The lowest BCUT2D eigenvalue weighted by Crippen LogP contribution is -2.08. The number of hydrogen-bond donors (Lipinski definition) is 1. The Morgan fingerprint density at radius 3 is 2.40 bits per heavy atom. The topological polar surface area (TPSA) is 54.4 Å². The monoisotopic (exact) mass is 212 g/mol.